The largest absolute Gasteiger partial charge is 0.294 e. The van der Waals surface area contributed by atoms with Crippen LogP contribution in [0.5, 0.6) is 0 Å². The Hall–Kier alpha value is -3.08. The van der Waals surface area contributed by atoms with Gasteiger partial charge in [-0.25, -0.2) is 0 Å². The molecule has 0 saturated heterocycles. The fraction of sp³-hybridized carbons (Fsp3) is 0. The Bertz CT molecular complexity index is 1600. The van der Waals surface area contributed by atoms with E-state index in [0.29, 0.717) is 0 Å². The van der Waals surface area contributed by atoms with Crippen LogP contribution in [-0.4, -0.2) is 25.9 Å². The van der Waals surface area contributed by atoms with Crippen molar-refractivity contribution in [2.24, 2.45) is 0 Å². The average molecular weight is 497 g/mol. The maximum atomic E-state index is 11.3. The van der Waals surface area contributed by atoms with E-state index in [9.17, 15) is 16.8 Å². The lowest BCUT2D eigenvalue weighted by molar-refractivity contribution is 0.481. The standard InChI is InChI=1S/C24H16O6S3/c25-32(26,27)19-7-1-15(2-8-19)17-5-11-21-22-12-6-18(14-24(22)31-23(21)13-17)16-3-9-20(10-4-16)33(28,29)30/h1-14H,(H,25,26,27)(H,28,29,30). The maximum absolute atomic E-state index is 11.3. The first-order valence-corrected chi connectivity index (χ1v) is 13.4. The number of benzene rings is 4. The summed E-state index contributed by atoms with van der Waals surface area (Å²) in [6.07, 6.45) is 0. The Morgan fingerprint density at radius 3 is 1.15 bits per heavy atom. The van der Waals surface area contributed by atoms with Gasteiger partial charge in [0.1, 0.15) is 0 Å². The second kappa shape index (κ2) is 7.75. The first kappa shape index (κ1) is 21.7. The Morgan fingerprint density at radius 2 is 0.818 bits per heavy atom. The van der Waals surface area contributed by atoms with Crippen LogP contribution in [0.15, 0.2) is 94.7 Å². The van der Waals surface area contributed by atoms with Crippen molar-refractivity contribution in [1.82, 2.24) is 0 Å². The van der Waals surface area contributed by atoms with Gasteiger partial charge in [0, 0.05) is 20.2 Å². The normalized spacial score (nSPS) is 12.4. The highest BCUT2D eigenvalue weighted by Crippen LogP contribution is 2.38. The third-order valence-corrected chi connectivity index (χ3v) is 8.30. The monoisotopic (exact) mass is 496 g/mol. The minimum absolute atomic E-state index is 0.147. The molecule has 9 heteroatoms. The predicted molar refractivity (Wildman–Crippen MR) is 130 cm³/mol. The van der Waals surface area contributed by atoms with Gasteiger partial charge in [-0.1, -0.05) is 48.5 Å². The van der Waals surface area contributed by atoms with E-state index in [1.165, 1.54) is 24.3 Å². The Balaban J connectivity index is 1.54. The van der Waals surface area contributed by atoms with Gasteiger partial charge in [-0.15, -0.1) is 11.3 Å². The van der Waals surface area contributed by atoms with E-state index in [1.807, 2.05) is 36.4 Å². The van der Waals surface area contributed by atoms with Crippen LogP contribution in [0.2, 0.25) is 0 Å². The zero-order chi connectivity index (χ0) is 23.4. The highest BCUT2D eigenvalue weighted by Gasteiger charge is 2.12. The number of hydrogen-bond acceptors (Lipinski definition) is 5. The van der Waals surface area contributed by atoms with E-state index in [0.717, 1.165) is 42.4 Å². The summed E-state index contributed by atoms with van der Waals surface area (Å²) in [5, 5.41) is 2.20. The molecule has 166 valence electrons. The highest BCUT2D eigenvalue weighted by molar-refractivity contribution is 7.86. The molecule has 0 aliphatic rings. The van der Waals surface area contributed by atoms with Crippen molar-refractivity contribution >= 4 is 51.7 Å². The zero-order valence-corrected chi connectivity index (χ0v) is 19.3. The van der Waals surface area contributed by atoms with E-state index in [-0.39, 0.29) is 9.79 Å². The Morgan fingerprint density at radius 1 is 0.485 bits per heavy atom. The molecule has 0 aliphatic carbocycles. The van der Waals surface area contributed by atoms with Crippen LogP contribution in [0.1, 0.15) is 0 Å². The summed E-state index contributed by atoms with van der Waals surface area (Å²) >= 11 is 1.62. The first-order valence-electron chi connectivity index (χ1n) is 9.72. The van der Waals surface area contributed by atoms with Crippen molar-refractivity contribution in [3.63, 3.8) is 0 Å². The quantitative estimate of drug-likeness (QED) is 0.301. The number of thiophene rings is 1. The maximum Gasteiger partial charge on any atom is 0.294 e. The molecule has 0 radical (unpaired) electrons. The van der Waals surface area contributed by atoms with Crippen molar-refractivity contribution in [1.29, 1.82) is 0 Å². The number of hydrogen-bond donors (Lipinski definition) is 2. The van der Waals surface area contributed by atoms with Gasteiger partial charge in [-0.3, -0.25) is 9.11 Å². The van der Waals surface area contributed by atoms with Crippen LogP contribution in [0.4, 0.5) is 0 Å². The molecule has 5 rings (SSSR count). The van der Waals surface area contributed by atoms with Crippen molar-refractivity contribution in [3.05, 3.63) is 84.9 Å². The van der Waals surface area contributed by atoms with E-state index < -0.39 is 20.2 Å². The molecule has 4 aromatic carbocycles. The van der Waals surface area contributed by atoms with Crippen LogP contribution in [0.3, 0.4) is 0 Å². The molecule has 5 aromatic rings. The smallest absolute Gasteiger partial charge is 0.282 e. The molecule has 6 nitrogen and oxygen atoms in total. The molecule has 2 N–H and O–H groups in total. The molecule has 1 aromatic heterocycles. The van der Waals surface area contributed by atoms with Gasteiger partial charge in [-0.2, -0.15) is 16.8 Å². The molecular weight excluding hydrogens is 480 g/mol. The molecule has 0 aliphatic heterocycles. The lowest BCUT2D eigenvalue weighted by Crippen LogP contribution is -1.97. The predicted octanol–water partition coefficient (Wildman–Crippen LogP) is 5.88. The third kappa shape index (κ3) is 4.17. The highest BCUT2D eigenvalue weighted by atomic mass is 32.2. The van der Waals surface area contributed by atoms with Gasteiger partial charge < -0.3 is 0 Å². The molecule has 0 spiro atoms. The second-order valence-corrected chi connectivity index (χ2v) is 11.4. The molecule has 1 heterocycles. The lowest BCUT2D eigenvalue weighted by Gasteiger charge is -2.04. The summed E-state index contributed by atoms with van der Waals surface area (Å²) < 4.78 is 65.5. The summed E-state index contributed by atoms with van der Waals surface area (Å²) in [6.45, 7) is 0. The fourth-order valence-electron chi connectivity index (χ4n) is 3.77. The minimum Gasteiger partial charge on any atom is -0.282 e. The average Bonchev–Trinajstić information content (AvgIpc) is 3.15. The van der Waals surface area contributed by atoms with Gasteiger partial charge in [0.25, 0.3) is 20.2 Å². The van der Waals surface area contributed by atoms with Gasteiger partial charge in [-0.05, 0) is 58.7 Å². The van der Waals surface area contributed by atoms with Crippen molar-refractivity contribution in [3.8, 4) is 22.3 Å². The van der Waals surface area contributed by atoms with Crippen LogP contribution in [0, 0.1) is 0 Å². The number of rotatable bonds is 4. The van der Waals surface area contributed by atoms with Gasteiger partial charge >= 0.3 is 0 Å². The van der Waals surface area contributed by atoms with E-state index in [2.05, 4.69) is 0 Å². The van der Waals surface area contributed by atoms with Crippen molar-refractivity contribution < 1.29 is 25.9 Å². The molecule has 33 heavy (non-hydrogen) atoms. The molecule has 0 saturated carbocycles. The topological polar surface area (TPSA) is 109 Å². The number of fused-ring (bicyclic) bond motifs is 3. The molecule has 0 fully saturated rings. The lowest BCUT2D eigenvalue weighted by atomic mass is 10.0. The summed E-state index contributed by atoms with van der Waals surface area (Å²) in [4.78, 5) is -0.294. The molecule has 0 amide bonds. The van der Waals surface area contributed by atoms with E-state index in [1.54, 1.807) is 35.6 Å². The Kier molecular flexibility index (Phi) is 5.11. The van der Waals surface area contributed by atoms with Crippen molar-refractivity contribution in [2.45, 2.75) is 9.79 Å². The summed E-state index contributed by atoms with van der Waals surface area (Å²) in [5.41, 5.74) is 3.52. The van der Waals surface area contributed by atoms with E-state index in [4.69, 9.17) is 9.11 Å². The minimum atomic E-state index is -4.23. The molecule has 0 unspecified atom stereocenters. The molecular formula is C24H16O6S3. The van der Waals surface area contributed by atoms with Crippen LogP contribution in [-0.2, 0) is 20.2 Å². The zero-order valence-electron chi connectivity index (χ0n) is 16.8. The van der Waals surface area contributed by atoms with Gasteiger partial charge in [0.2, 0.25) is 0 Å². The molecule has 0 atom stereocenters. The molecule has 0 bridgehead atoms. The third-order valence-electron chi connectivity index (χ3n) is 5.44. The van der Waals surface area contributed by atoms with Crippen molar-refractivity contribution in [2.75, 3.05) is 0 Å². The summed E-state index contributed by atoms with van der Waals surface area (Å²) in [6, 6.07) is 24.2. The van der Waals surface area contributed by atoms with Crippen LogP contribution >= 0.6 is 11.3 Å². The summed E-state index contributed by atoms with van der Waals surface area (Å²) in [5.74, 6) is 0. The van der Waals surface area contributed by atoms with Gasteiger partial charge in [0.05, 0.1) is 9.79 Å². The fourth-order valence-corrected chi connectivity index (χ4v) is 5.92. The van der Waals surface area contributed by atoms with Gasteiger partial charge in [0.15, 0.2) is 0 Å². The van der Waals surface area contributed by atoms with Crippen LogP contribution in [0.25, 0.3) is 42.4 Å². The van der Waals surface area contributed by atoms with E-state index >= 15 is 0 Å². The first-order chi connectivity index (χ1) is 15.6. The van der Waals surface area contributed by atoms with Crippen LogP contribution < -0.4 is 0 Å². The Labute approximate surface area is 194 Å². The second-order valence-electron chi connectivity index (χ2n) is 7.52. The SMILES string of the molecule is O=S(=O)(O)c1ccc(-c2ccc3c(c2)sc2cc(-c4ccc(S(=O)(=O)O)cc4)ccc23)cc1. The summed E-state index contributed by atoms with van der Waals surface area (Å²) in [7, 11) is -8.46.